The summed E-state index contributed by atoms with van der Waals surface area (Å²) in [5, 5.41) is 14.2. The number of ether oxygens (including phenoxy) is 1. The highest BCUT2D eigenvalue weighted by Gasteiger charge is 2.27. The predicted octanol–water partition coefficient (Wildman–Crippen LogP) is 2.49. The van der Waals surface area contributed by atoms with Crippen LogP contribution in [0.5, 0.6) is 5.75 Å². The molecule has 0 aliphatic heterocycles. The lowest BCUT2D eigenvalue weighted by molar-refractivity contribution is -0.117. The molecule has 2 saturated carbocycles. The Balaban J connectivity index is 1.23. The highest BCUT2D eigenvalue weighted by atomic mass is 16.5. The van der Waals surface area contributed by atoms with Gasteiger partial charge in [0.15, 0.2) is 5.69 Å². The third kappa shape index (κ3) is 5.25. The van der Waals surface area contributed by atoms with E-state index in [1.807, 2.05) is 24.3 Å². The van der Waals surface area contributed by atoms with E-state index >= 15 is 0 Å². The fraction of sp³-hybridized carbons (Fsp3) is 0.455. The third-order valence-corrected chi connectivity index (χ3v) is 5.62. The first-order valence-corrected chi connectivity index (χ1v) is 10.5. The van der Waals surface area contributed by atoms with Gasteiger partial charge >= 0.3 is 0 Å². The number of amides is 2. The van der Waals surface area contributed by atoms with E-state index in [0.29, 0.717) is 11.7 Å². The lowest BCUT2D eigenvalue weighted by atomic mass is 9.91. The summed E-state index contributed by atoms with van der Waals surface area (Å²) in [6.45, 7) is 0. The van der Waals surface area contributed by atoms with Crippen LogP contribution in [-0.4, -0.2) is 46.0 Å². The Bertz CT molecular complexity index is 909. The van der Waals surface area contributed by atoms with E-state index in [0.717, 1.165) is 49.8 Å². The van der Waals surface area contributed by atoms with E-state index in [9.17, 15) is 9.59 Å². The van der Waals surface area contributed by atoms with Gasteiger partial charge in [-0.1, -0.05) is 17.3 Å². The summed E-state index contributed by atoms with van der Waals surface area (Å²) in [6.07, 6.45) is 10.7. The second-order valence-electron chi connectivity index (χ2n) is 7.95. The minimum Gasteiger partial charge on any atom is -0.497 e. The predicted molar refractivity (Wildman–Crippen MR) is 112 cm³/mol. The smallest absolute Gasteiger partial charge is 0.273 e. The molecule has 0 saturated heterocycles. The van der Waals surface area contributed by atoms with Crippen LogP contribution < -0.4 is 15.4 Å². The van der Waals surface area contributed by atoms with Gasteiger partial charge in [-0.2, -0.15) is 0 Å². The highest BCUT2D eigenvalue weighted by Crippen LogP contribution is 2.28. The first-order valence-electron chi connectivity index (χ1n) is 10.5. The zero-order chi connectivity index (χ0) is 20.9. The van der Waals surface area contributed by atoms with Crippen molar-refractivity contribution in [2.24, 2.45) is 0 Å². The van der Waals surface area contributed by atoms with E-state index < -0.39 is 0 Å². The maximum Gasteiger partial charge on any atom is 0.273 e. The van der Waals surface area contributed by atoms with E-state index in [1.165, 1.54) is 0 Å². The molecule has 2 fully saturated rings. The molecule has 1 aromatic carbocycles. The van der Waals surface area contributed by atoms with E-state index in [2.05, 4.69) is 20.9 Å². The number of carbonyl (C=O) groups excluding carboxylic acids is 2. The maximum atomic E-state index is 12.2. The number of rotatable bonds is 7. The Morgan fingerprint density at radius 3 is 2.37 bits per heavy atom. The number of aromatic nitrogens is 3. The molecule has 8 heteroatoms. The standard InChI is InChI=1S/C22H27N5O3/c1-30-19-11-2-15(3-12-19)4-13-21(28)23-16-7-9-18(10-8-16)27-14-20(25-26-27)22(29)24-17-5-6-17/h2-4,11-14,16-18H,5-10H2,1H3,(H,23,28)(H,24,29)/b13-4+. The molecular weight excluding hydrogens is 382 g/mol. The molecule has 1 aromatic heterocycles. The number of benzene rings is 1. The zero-order valence-corrected chi connectivity index (χ0v) is 17.1. The van der Waals surface area contributed by atoms with Gasteiger partial charge in [0, 0.05) is 18.2 Å². The summed E-state index contributed by atoms with van der Waals surface area (Å²) in [4.78, 5) is 24.3. The molecule has 0 unspecified atom stereocenters. The van der Waals surface area contributed by atoms with Crippen LogP contribution in [0.1, 0.15) is 60.6 Å². The van der Waals surface area contributed by atoms with Crippen molar-refractivity contribution >= 4 is 17.9 Å². The fourth-order valence-electron chi connectivity index (χ4n) is 3.67. The topological polar surface area (TPSA) is 98.1 Å². The van der Waals surface area contributed by atoms with Gasteiger partial charge < -0.3 is 15.4 Å². The Kier molecular flexibility index (Phi) is 6.11. The van der Waals surface area contributed by atoms with Gasteiger partial charge in [-0.3, -0.25) is 9.59 Å². The molecule has 0 atom stereocenters. The van der Waals surface area contributed by atoms with Crippen molar-refractivity contribution in [2.45, 2.75) is 56.7 Å². The molecule has 158 valence electrons. The monoisotopic (exact) mass is 409 g/mol. The average Bonchev–Trinajstić information content (AvgIpc) is 3.44. The van der Waals surface area contributed by atoms with Crippen LogP contribution in [0, 0.1) is 0 Å². The number of carbonyl (C=O) groups is 2. The van der Waals surface area contributed by atoms with Crippen molar-refractivity contribution in [3.05, 3.63) is 47.8 Å². The van der Waals surface area contributed by atoms with Crippen LogP contribution in [0.15, 0.2) is 36.5 Å². The van der Waals surface area contributed by atoms with Gasteiger partial charge in [0.25, 0.3) is 5.91 Å². The number of methoxy groups -OCH3 is 1. The summed E-state index contributed by atoms with van der Waals surface area (Å²) in [5.74, 6) is 0.554. The highest BCUT2D eigenvalue weighted by molar-refractivity contribution is 5.92. The molecule has 30 heavy (non-hydrogen) atoms. The summed E-state index contributed by atoms with van der Waals surface area (Å²) < 4.78 is 6.93. The minimum atomic E-state index is -0.145. The SMILES string of the molecule is COc1ccc(/C=C/C(=O)NC2CCC(n3cc(C(=O)NC4CC4)nn3)CC2)cc1. The summed E-state index contributed by atoms with van der Waals surface area (Å²) >= 11 is 0. The third-order valence-electron chi connectivity index (χ3n) is 5.62. The lowest BCUT2D eigenvalue weighted by Gasteiger charge is -2.28. The lowest BCUT2D eigenvalue weighted by Crippen LogP contribution is -2.37. The largest absolute Gasteiger partial charge is 0.497 e. The zero-order valence-electron chi connectivity index (χ0n) is 17.1. The normalized spacial score (nSPS) is 21.4. The van der Waals surface area contributed by atoms with Gasteiger partial charge in [0.1, 0.15) is 5.75 Å². The van der Waals surface area contributed by atoms with Crippen LogP contribution in [0.4, 0.5) is 0 Å². The molecule has 2 N–H and O–H groups in total. The Morgan fingerprint density at radius 1 is 1.03 bits per heavy atom. The minimum absolute atomic E-state index is 0.0888. The molecule has 2 amide bonds. The molecular formula is C22H27N5O3. The van der Waals surface area contributed by atoms with Crippen molar-refractivity contribution in [3.63, 3.8) is 0 Å². The van der Waals surface area contributed by atoms with Crippen LogP contribution in [-0.2, 0) is 4.79 Å². The number of nitrogens with one attached hydrogen (secondary N) is 2. The second-order valence-corrected chi connectivity index (χ2v) is 7.95. The molecule has 0 bridgehead atoms. The van der Waals surface area contributed by atoms with Crippen LogP contribution in [0.2, 0.25) is 0 Å². The first-order chi connectivity index (χ1) is 14.6. The fourth-order valence-corrected chi connectivity index (χ4v) is 3.67. The van der Waals surface area contributed by atoms with E-state index in [-0.39, 0.29) is 23.9 Å². The molecule has 0 spiro atoms. The quantitative estimate of drug-likeness (QED) is 0.685. The van der Waals surface area contributed by atoms with Crippen LogP contribution in [0.25, 0.3) is 6.08 Å². The van der Waals surface area contributed by atoms with Gasteiger partial charge in [-0.15, -0.1) is 5.10 Å². The van der Waals surface area contributed by atoms with Gasteiger partial charge in [0.05, 0.1) is 19.3 Å². The first kappa shape index (κ1) is 20.1. The number of hydrogen-bond acceptors (Lipinski definition) is 5. The van der Waals surface area contributed by atoms with Crippen molar-refractivity contribution in [3.8, 4) is 5.75 Å². The van der Waals surface area contributed by atoms with E-state index in [4.69, 9.17) is 4.74 Å². The van der Waals surface area contributed by atoms with Gasteiger partial charge in [-0.25, -0.2) is 4.68 Å². The van der Waals surface area contributed by atoms with Crippen molar-refractivity contribution < 1.29 is 14.3 Å². The van der Waals surface area contributed by atoms with Crippen LogP contribution >= 0.6 is 0 Å². The molecule has 1 heterocycles. The summed E-state index contributed by atoms with van der Waals surface area (Å²) in [5.41, 5.74) is 1.32. The summed E-state index contributed by atoms with van der Waals surface area (Å²) in [6, 6.07) is 8.21. The molecule has 2 aliphatic rings. The number of hydrogen-bond donors (Lipinski definition) is 2. The number of nitrogens with zero attached hydrogens (tertiary/aromatic N) is 3. The van der Waals surface area contributed by atoms with E-state index in [1.54, 1.807) is 30.1 Å². The molecule has 0 radical (unpaired) electrons. The van der Waals surface area contributed by atoms with Gasteiger partial charge in [-0.05, 0) is 62.3 Å². The Labute approximate surface area is 175 Å². The van der Waals surface area contributed by atoms with Gasteiger partial charge in [0.2, 0.25) is 5.91 Å². The van der Waals surface area contributed by atoms with Crippen LogP contribution in [0.3, 0.4) is 0 Å². The Hall–Kier alpha value is -3.16. The average molecular weight is 409 g/mol. The second kappa shape index (κ2) is 9.11. The molecule has 8 nitrogen and oxygen atoms in total. The maximum absolute atomic E-state index is 12.2. The molecule has 2 aliphatic carbocycles. The molecule has 2 aromatic rings. The van der Waals surface area contributed by atoms with Crippen molar-refractivity contribution in [1.29, 1.82) is 0 Å². The summed E-state index contributed by atoms with van der Waals surface area (Å²) in [7, 11) is 1.63. The van der Waals surface area contributed by atoms with Crippen molar-refractivity contribution in [1.82, 2.24) is 25.6 Å². The Morgan fingerprint density at radius 2 is 1.70 bits per heavy atom. The van der Waals surface area contributed by atoms with Crippen molar-refractivity contribution in [2.75, 3.05) is 7.11 Å². The molecule has 4 rings (SSSR count).